The van der Waals surface area contributed by atoms with Crippen molar-refractivity contribution in [1.29, 1.82) is 0 Å². The number of nitrogens with zero attached hydrogens (tertiary/aromatic N) is 3. The molecule has 0 aliphatic heterocycles. The lowest BCUT2D eigenvalue weighted by atomic mass is 10.2. The summed E-state index contributed by atoms with van der Waals surface area (Å²) in [5.41, 5.74) is 1.80. The maximum Gasteiger partial charge on any atom is 0.269 e. The van der Waals surface area contributed by atoms with Gasteiger partial charge in [0.05, 0.1) is 5.69 Å². The molecular weight excluding hydrogens is 174 g/mol. The van der Waals surface area contributed by atoms with Gasteiger partial charge in [-0.2, -0.15) is 0 Å². The number of hydrogen-bond acceptors (Lipinski definition) is 2. The topological polar surface area (TPSA) is 30.1 Å². The van der Waals surface area contributed by atoms with E-state index in [-0.39, 0.29) is 0 Å². The molecule has 2 heterocycles. The molecule has 3 heteroatoms. The van der Waals surface area contributed by atoms with E-state index in [2.05, 4.69) is 14.8 Å². The molecular formula is C11H7N3. The van der Waals surface area contributed by atoms with Gasteiger partial charge in [0.2, 0.25) is 0 Å². The second kappa shape index (κ2) is 3.67. The van der Waals surface area contributed by atoms with Gasteiger partial charge in [-0.05, 0) is 18.2 Å². The Labute approximate surface area is 81.9 Å². The van der Waals surface area contributed by atoms with Gasteiger partial charge < -0.3 is 4.85 Å². The molecule has 2 aromatic heterocycles. The molecule has 0 aliphatic carbocycles. The van der Waals surface area contributed by atoms with E-state index in [1.807, 2.05) is 24.3 Å². The Morgan fingerprint density at radius 1 is 1.07 bits per heavy atom. The fraction of sp³-hybridized carbons (Fsp3) is 0. The Morgan fingerprint density at radius 3 is 2.57 bits per heavy atom. The van der Waals surface area contributed by atoms with Gasteiger partial charge in [-0.3, -0.25) is 4.98 Å². The standard InChI is InChI=1S/C11H7N3/c1-12-11-6-5-9(8-14-11)10-4-2-3-7-13-10/h2-8H. The zero-order valence-electron chi connectivity index (χ0n) is 7.38. The molecule has 0 atom stereocenters. The summed E-state index contributed by atoms with van der Waals surface area (Å²) in [5, 5.41) is 0. The predicted molar refractivity (Wildman–Crippen MR) is 53.7 cm³/mol. The molecule has 2 aromatic rings. The predicted octanol–water partition coefficient (Wildman–Crippen LogP) is 2.69. The van der Waals surface area contributed by atoms with Crippen LogP contribution in [0.15, 0.2) is 42.7 Å². The highest BCUT2D eigenvalue weighted by atomic mass is 14.9. The van der Waals surface area contributed by atoms with E-state index in [1.54, 1.807) is 18.5 Å². The highest BCUT2D eigenvalue weighted by Gasteiger charge is 2.00. The van der Waals surface area contributed by atoms with Crippen LogP contribution in [0.2, 0.25) is 0 Å². The molecule has 0 amide bonds. The summed E-state index contributed by atoms with van der Waals surface area (Å²) in [6, 6.07) is 9.24. The van der Waals surface area contributed by atoms with Crippen molar-refractivity contribution in [2.24, 2.45) is 0 Å². The molecule has 0 unspecified atom stereocenters. The first kappa shape index (κ1) is 8.39. The lowest BCUT2D eigenvalue weighted by Crippen LogP contribution is -1.82. The van der Waals surface area contributed by atoms with Crippen LogP contribution >= 0.6 is 0 Å². The SMILES string of the molecule is [C-]#[N+]c1ccc(-c2ccccn2)cn1. The zero-order chi connectivity index (χ0) is 9.80. The average molecular weight is 181 g/mol. The van der Waals surface area contributed by atoms with E-state index in [9.17, 15) is 0 Å². The second-order valence-electron chi connectivity index (χ2n) is 2.73. The minimum absolute atomic E-state index is 0.407. The fourth-order valence-corrected chi connectivity index (χ4v) is 1.14. The van der Waals surface area contributed by atoms with Gasteiger partial charge in [0.15, 0.2) is 0 Å². The first-order chi connectivity index (χ1) is 6.90. The number of pyridine rings is 2. The highest BCUT2D eigenvalue weighted by Crippen LogP contribution is 2.17. The van der Waals surface area contributed by atoms with E-state index in [0.717, 1.165) is 11.3 Å². The van der Waals surface area contributed by atoms with Crippen LogP contribution in [0.3, 0.4) is 0 Å². The van der Waals surface area contributed by atoms with Crippen LogP contribution in [0.5, 0.6) is 0 Å². The third-order valence-electron chi connectivity index (χ3n) is 1.82. The van der Waals surface area contributed by atoms with Gasteiger partial charge in [-0.25, -0.2) is 0 Å². The van der Waals surface area contributed by atoms with E-state index in [1.165, 1.54) is 0 Å². The molecule has 0 spiro atoms. The second-order valence-corrected chi connectivity index (χ2v) is 2.73. The minimum Gasteiger partial charge on any atom is -0.361 e. The molecule has 0 saturated carbocycles. The molecule has 0 aromatic carbocycles. The van der Waals surface area contributed by atoms with Crippen molar-refractivity contribution in [3.05, 3.63) is 54.1 Å². The van der Waals surface area contributed by atoms with E-state index in [4.69, 9.17) is 6.57 Å². The Kier molecular flexibility index (Phi) is 2.20. The highest BCUT2D eigenvalue weighted by molar-refractivity contribution is 5.59. The summed E-state index contributed by atoms with van der Waals surface area (Å²) in [4.78, 5) is 11.4. The molecule has 14 heavy (non-hydrogen) atoms. The van der Waals surface area contributed by atoms with Gasteiger partial charge in [0.25, 0.3) is 5.82 Å². The van der Waals surface area contributed by atoms with Gasteiger partial charge >= 0.3 is 0 Å². The molecule has 0 fully saturated rings. The fourth-order valence-electron chi connectivity index (χ4n) is 1.14. The third-order valence-corrected chi connectivity index (χ3v) is 1.82. The van der Waals surface area contributed by atoms with Crippen molar-refractivity contribution in [3.8, 4) is 11.3 Å². The Morgan fingerprint density at radius 2 is 2.00 bits per heavy atom. The summed E-state index contributed by atoms with van der Waals surface area (Å²) in [5.74, 6) is 0.407. The van der Waals surface area contributed by atoms with Crippen molar-refractivity contribution in [2.45, 2.75) is 0 Å². The van der Waals surface area contributed by atoms with Crippen molar-refractivity contribution < 1.29 is 0 Å². The number of hydrogen-bond donors (Lipinski definition) is 0. The van der Waals surface area contributed by atoms with Gasteiger partial charge in [0.1, 0.15) is 6.20 Å². The number of rotatable bonds is 1. The molecule has 0 aliphatic rings. The summed E-state index contributed by atoms with van der Waals surface area (Å²) in [6.45, 7) is 6.77. The first-order valence-electron chi connectivity index (χ1n) is 4.15. The van der Waals surface area contributed by atoms with Crippen LogP contribution < -0.4 is 0 Å². The van der Waals surface area contributed by atoms with Crippen LogP contribution in [-0.2, 0) is 0 Å². The average Bonchev–Trinajstić information content (AvgIpc) is 2.30. The molecule has 0 bridgehead atoms. The molecule has 66 valence electrons. The Balaban J connectivity index is 2.40. The van der Waals surface area contributed by atoms with Crippen LogP contribution in [0, 0.1) is 6.57 Å². The van der Waals surface area contributed by atoms with Crippen molar-refractivity contribution >= 4 is 5.82 Å². The maximum atomic E-state index is 6.77. The quantitative estimate of drug-likeness (QED) is 0.633. The van der Waals surface area contributed by atoms with Crippen LogP contribution in [0.1, 0.15) is 0 Å². The molecule has 0 saturated heterocycles. The van der Waals surface area contributed by atoms with Crippen LogP contribution in [0.25, 0.3) is 16.1 Å². The monoisotopic (exact) mass is 181 g/mol. The van der Waals surface area contributed by atoms with Crippen LogP contribution in [-0.4, -0.2) is 9.97 Å². The van der Waals surface area contributed by atoms with E-state index >= 15 is 0 Å². The largest absolute Gasteiger partial charge is 0.361 e. The van der Waals surface area contributed by atoms with Gasteiger partial charge in [-0.15, -0.1) is 4.98 Å². The maximum absolute atomic E-state index is 6.77. The van der Waals surface area contributed by atoms with Gasteiger partial charge in [-0.1, -0.05) is 18.7 Å². The van der Waals surface area contributed by atoms with E-state index < -0.39 is 0 Å². The lowest BCUT2D eigenvalue weighted by Gasteiger charge is -1.96. The van der Waals surface area contributed by atoms with Crippen molar-refractivity contribution in [2.75, 3.05) is 0 Å². The molecule has 0 radical (unpaired) electrons. The Bertz CT molecular complexity index is 454. The molecule has 2 rings (SSSR count). The molecule has 0 N–H and O–H groups in total. The summed E-state index contributed by atoms with van der Waals surface area (Å²) in [6.07, 6.45) is 3.40. The lowest BCUT2D eigenvalue weighted by molar-refractivity contribution is 1.29. The smallest absolute Gasteiger partial charge is 0.269 e. The summed E-state index contributed by atoms with van der Waals surface area (Å²) < 4.78 is 0. The normalized spacial score (nSPS) is 9.36. The first-order valence-corrected chi connectivity index (χ1v) is 4.15. The summed E-state index contributed by atoms with van der Waals surface area (Å²) in [7, 11) is 0. The van der Waals surface area contributed by atoms with Crippen molar-refractivity contribution in [3.63, 3.8) is 0 Å². The van der Waals surface area contributed by atoms with Crippen molar-refractivity contribution in [1.82, 2.24) is 9.97 Å². The number of aromatic nitrogens is 2. The minimum atomic E-state index is 0.407. The van der Waals surface area contributed by atoms with Crippen LogP contribution in [0.4, 0.5) is 5.82 Å². The molecule has 3 nitrogen and oxygen atoms in total. The third kappa shape index (κ3) is 1.59. The summed E-state index contributed by atoms with van der Waals surface area (Å²) >= 11 is 0. The Hall–Kier alpha value is -2.21. The van der Waals surface area contributed by atoms with Gasteiger partial charge in [0, 0.05) is 11.8 Å². The zero-order valence-corrected chi connectivity index (χ0v) is 7.38. The van der Waals surface area contributed by atoms with E-state index in [0.29, 0.717) is 5.82 Å².